The van der Waals surface area contributed by atoms with Crippen LogP contribution in [0, 0.1) is 0 Å². The smallest absolute Gasteiger partial charge is 0.340 e. The Hall–Kier alpha value is -1.21. The fraction of sp³-hybridized carbons (Fsp3) is 0.364. The summed E-state index contributed by atoms with van der Waals surface area (Å²) in [5.74, 6) is -1.43. The number of fused-ring (bicyclic) bond motifs is 1. The summed E-state index contributed by atoms with van der Waals surface area (Å²) in [6.07, 6.45) is -1.38. The zero-order chi connectivity index (χ0) is 12.8. The van der Waals surface area contributed by atoms with Crippen molar-refractivity contribution in [2.75, 3.05) is 0 Å². The van der Waals surface area contributed by atoms with Gasteiger partial charge in [-0.2, -0.15) is 0 Å². The van der Waals surface area contributed by atoms with Crippen molar-refractivity contribution in [3.8, 4) is 0 Å². The lowest BCUT2D eigenvalue weighted by Crippen LogP contribution is -2.44. The molecule has 0 amide bonds. The number of carbonyl (C=O) groups is 1. The molecular weight excluding hydrogens is 244 g/mol. The van der Waals surface area contributed by atoms with Gasteiger partial charge in [-0.3, -0.25) is 0 Å². The second-order valence-corrected chi connectivity index (χ2v) is 5.13. The van der Waals surface area contributed by atoms with Crippen LogP contribution in [-0.4, -0.2) is 32.5 Å². The molecule has 0 saturated heterocycles. The number of rotatable bonds is 2. The molecule has 1 aliphatic rings. The van der Waals surface area contributed by atoms with Gasteiger partial charge >= 0.3 is 5.97 Å². The molecule has 17 heavy (non-hydrogen) atoms. The molecule has 1 aromatic rings. The van der Waals surface area contributed by atoms with Crippen molar-refractivity contribution in [3.63, 3.8) is 0 Å². The maximum absolute atomic E-state index is 11.1. The average molecular weight is 256 g/mol. The van der Waals surface area contributed by atoms with Crippen LogP contribution in [0.15, 0.2) is 12.6 Å². The Morgan fingerprint density at radius 1 is 1.59 bits per heavy atom. The molecule has 0 radical (unpaired) electrons. The fourth-order valence-corrected chi connectivity index (χ4v) is 3.10. The van der Waals surface area contributed by atoms with Gasteiger partial charge in [0.25, 0.3) is 0 Å². The van der Waals surface area contributed by atoms with E-state index in [1.165, 1.54) is 12.1 Å². The lowest BCUT2D eigenvalue weighted by molar-refractivity contribution is -0.168. The molecule has 1 aromatic heterocycles. The molecule has 1 unspecified atom stereocenters. The normalized spacial score (nSPS) is 31.9. The minimum atomic E-state index is -2.15. The zero-order valence-corrected chi connectivity index (χ0v) is 9.65. The van der Waals surface area contributed by atoms with Crippen molar-refractivity contribution >= 4 is 23.4 Å². The van der Waals surface area contributed by atoms with E-state index < -0.39 is 30.2 Å². The number of carboxylic acids is 1. The Kier molecular flexibility index (Phi) is 2.82. The third-order valence-corrected chi connectivity index (χ3v) is 4.12. The number of aliphatic hydroxyl groups is 3. The van der Waals surface area contributed by atoms with Crippen LogP contribution in [0.2, 0.25) is 0 Å². The van der Waals surface area contributed by atoms with E-state index in [1.54, 1.807) is 0 Å². The zero-order valence-electron chi connectivity index (χ0n) is 8.83. The molecule has 1 heterocycles. The van der Waals surface area contributed by atoms with Gasteiger partial charge in [0, 0.05) is 21.7 Å². The van der Waals surface area contributed by atoms with Crippen LogP contribution in [0.5, 0.6) is 0 Å². The van der Waals surface area contributed by atoms with Crippen LogP contribution in [0.1, 0.15) is 27.8 Å². The molecule has 3 atom stereocenters. The minimum Gasteiger partial charge on any atom is -0.479 e. The van der Waals surface area contributed by atoms with Crippen molar-refractivity contribution in [1.82, 2.24) is 0 Å². The second kappa shape index (κ2) is 3.92. The molecular formula is C11H12O5S. The van der Waals surface area contributed by atoms with E-state index in [-0.39, 0.29) is 10.4 Å². The summed E-state index contributed by atoms with van der Waals surface area (Å²) < 4.78 is 0. The van der Waals surface area contributed by atoms with Gasteiger partial charge in [-0.15, -0.1) is 11.3 Å². The van der Waals surface area contributed by atoms with Crippen LogP contribution in [0.4, 0.5) is 0 Å². The van der Waals surface area contributed by atoms with Crippen LogP contribution in [-0.2, 0) is 10.4 Å². The van der Waals surface area contributed by atoms with Crippen molar-refractivity contribution < 1.29 is 25.2 Å². The summed E-state index contributed by atoms with van der Waals surface area (Å²) in [4.78, 5) is 12.0. The van der Waals surface area contributed by atoms with Gasteiger partial charge in [-0.1, -0.05) is 12.7 Å². The summed E-state index contributed by atoms with van der Waals surface area (Å²) in [6, 6.07) is 1.48. The summed E-state index contributed by atoms with van der Waals surface area (Å²) in [5.41, 5.74) is -2.01. The molecule has 0 bridgehead atoms. The van der Waals surface area contributed by atoms with Gasteiger partial charge < -0.3 is 20.4 Å². The Morgan fingerprint density at radius 3 is 2.76 bits per heavy atom. The van der Waals surface area contributed by atoms with Crippen molar-refractivity contribution in [2.24, 2.45) is 0 Å². The first kappa shape index (κ1) is 12.3. The predicted octanol–water partition coefficient (Wildman–Crippen LogP) is 0.461. The predicted molar refractivity (Wildman–Crippen MR) is 61.5 cm³/mol. The highest BCUT2D eigenvalue weighted by Gasteiger charge is 2.49. The standard InChI is InChI=1S/C11H12O5S/c1-2-5-3-6-9(17-5)8(13)7(12)4-11(6,16)10(14)15/h2-3,7-8,12-13,16H,1,4H2,(H,14,15)/t7-,8+,11?/m1/s1. The Balaban J connectivity index is 2.63. The van der Waals surface area contributed by atoms with Gasteiger partial charge in [-0.25, -0.2) is 4.79 Å². The molecule has 2 rings (SSSR count). The van der Waals surface area contributed by atoms with Crippen molar-refractivity contribution in [2.45, 2.75) is 24.2 Å². The molecule has 0 aliphatic heterocycles. The number of thiophene rings is 1. The van der Waals surface area contributed by atoms with Crippen LogP contribution in [0.3, 0.4) is 0 Å². The molecule has 1 aliphatic carbocycles. The van der Waals surface area contributed by atoms with E-state index in [0.717, 1.165) is 11.3 Å². The summed E-state index contributed by atoms with van der Waals surface area (Å²) >= 11 is 1.12. The Morgan fingerprint density at radius 2 is 2.24 bits per heavy atom. The molecule has 0 saturated carbocycles. The monoisotopic (exact) mass is 256 g/mol. The van der Waals surface area contributed by atoms with E-state index in [9.17, 15) is 20.1 Å². The molecule has 92 valence electrons. The highest BCUT2D eigenvalue weighted by atomic mass is 32.1. The van der Waals surface area contributed by atoms with E-state index in [0.29, 0.717) is 4.88 Å². The summed E-state index contributed by atoms with van der Waals surface area (Å²) in [6.45, 7) is 3.55. The quantitative estimate of drug-likeness (QED) is 0.616. The Bertz CT molecular complexity index is 480. The first-order valence-corrected chi connectivity index (χ1v) is 5.80. The van der Waals surface area contributed by atoms with E-state index in [4.69, 9.17) is 5.11 Å². The lowest BCUT2D eigenvalue weighted by Gasteiger charge is -2.34. The fourth-order valence-electron chi connectivity index (χ4n) is 1.97. The van der Waals surface area contributed by atoms with Crippen LogP contribution in [0.25, 0.3) is 6.08 Å². The SMILES string of the molecule is C=Cc1cc2c(s1)[C@@H](O)[C@H](O)CC2(O)C(=O)O. The molecule has 0 fully saturated rings. The topological polar surface area (TPSA) is 98.0 Å². The molecule has 0 spiro atoms. The summed E-state index contributed by atoms with van der Waals surface area (Å²) in [5, 5.41) is 38.5. The molecule has 0 aromatic carbocycles. The molecule has 4 N–H and O–H groups in total. The maximum atomic E-state index is 11.1. The largest absolute Gasteiger partial charge is 0.479 e. The average Bonchev–Trinajstić information content (AvgIpc) is 2.70. The molecule has 6 heteroatoms. The first-order chi connectivity index (χ1) is 7.90. The van der Waals surface area contributed by atoms with Gasteiger partial charge in [0.15, 0.2) is 5.60 Å². The minimum absolute atomic E-state index is 0.141. The van der Waals surface area contributed by atoms with Gasteiger partial charge in [-0.05, 0) is 6.07 Å². The lowest BCUT2D eigenvalue weighted by atomic mass is 9.80. The summed E-state index contributed by atoms with van der Waals surface area (Å²) in [7, 11) is 0. The number of aliphatic carboxylic acids is 1. The Labute approximate surface area is 101 Å². The van der Waals surface area contributed by atoms with Crippen LogP contribution >= 0.6 is 11.3 Å². The van der Waals surface area contributed by atoms with Crippen molar-refractivity contribution in [3.05, 3.63) is 28.0 Å². The second-order valence-electron chi connectivity index (χ2n) is 4.01. The van der Waals surface area contributed by atoms with Crippen molar-refractivity contribution in [1.29, 1.82) is 0 Å². The highest BCUT2D eigenvalue weighted by Crippen LogP contribution is 2.45. The van der Waals surface area contributed by atoms with Gasteiger partial charge in [0.05, 0.1) is 6.10 Å². The third kappa shape index (κ3) is 1.69. The number of aliphatic hydroxyl groups excluding tert-OH is 2. The van der Waals surface area contributed by atoms with E-state index in [2.05, 4.69) is 6.58 Å². The number of carboxylic acid groups (broad SMARTS) is 1. The first-order valence-electron chi connectivity index (χ1n) is 4.98. The number of hydrogen-bond donors (Lipinski definition) is 4. The highest BCUT2D eigenvalue weighted by molar-refractivity contribution is 7.13. The van der Waals surface area contributed by atoms with E-state index in [1.807, 2.05) is 0 Å². The number of hydrogen-bond acceptors (Lipinski definition) is 5. The van der Waals surface area contributed by atoms with Gasteiger partial charge in [0.2, 0.25) is 0 Å². The third-order valence-electron chi connectivity index (χ3n) is 2.92. The maximum Gasteiger partial charge on any atom is 0.340 e. The van der Waals surface area contributed by atoms with Crippen LogP contribution < -0.4 is 0 Å². The van der Waals surface area contributed by atoms with E-state index >= 15 is 0 Å². The van der Waals surface area contributed by atoms with Gasteiger partial charge in [0.1, 0.15) is 6.10 Å². The molecule has 5 nitrogen and oxygen atoms in total.